The van der Waals surface area contributed by atoms with Crippen LogP contribution in [0.3, 0.4) is 0 Å². The molecular weight excluding hydrogens is 352 g/mol. The van der Waals surface area contributed by atoms with Gasteiger partial charge in [0.15, 0.2) is 0 Å². The van der Waals surface area contributed by atoms with Gasteiger partial charge >= 0.3 is 0 Å². The molecule has 24 heavy (non-hydrogen) atoms. The van der Waals surface area contributed by atoms with E-state index in [2.05, 4.69) is 26.4 Å². The van der Waals surface area contributed by atoms with Crippen molar-refractivity contribution in [2.45, 2.75) is 36.2 Å². The molecule has 1 atom stereocenters. The number of amides is 2. The lowest BCUT2D eigenvalue weighted by atomic mass is 10.2. The molecule has 0 bridgehead atoms. The van der Waals surface area contributed by atoms with E-state index in [9.17, 15) is 9.59 Å². The average molecular weight is 367 g/mol. The molecule has 1 heterocycles. The van der Waals surface area contributed by atoms with E-state index in [-0.39, 0.29) is 11.5 Å². The Bertz CT molecular complexity index is 763. The van der Waals surface area contributed by atoms with Crippen LogP contribution in [-0.2, 0) is 4.79 Å². The molecule has 1 aliphatic carbocycles. The summed E-state index contributed by atoms with van der Waals surface area (Å²) in [6, 6.07) is 6.93. The topological polar surface area (TPSA) is 102 Å². The van der Waals surface area contributed by atoms with Gasteiger partial charge in [-0.2, -0.15) is 0 Å². The molecule has 1 aromatic carbocycles. The predicted molar refractivity (Wildman–Crippen MR) is 88.5 cm³/mol. The summed E-state index contributed by atoms with van der Waals surface area (Å²) in [5.74, 6) is -0.834. The van der Waals surface area contributed by atoms with Gasteiger partial charge in [-0.05, 0) is 42.3 Å². The highest BCUT2D eigenvalue weighted by atomic mass is 35.5. The van der Waals surface area contributed by atoms with E-state index in [1.807, 2.05) is 0 Å². The predicted octanol–water partition coefficient (Wildman–Crippen LogP) is 1.60. The third-order valence-corrected chi connectivity index (χ3v) is 4.80. The van der Waals surface area contributed by atoms with Gasteiger partial charge in [0, 0.05) is 0 Å². The Morgan fingerprint density at radius 3 is 2.79 bits per heavy atom. The molecule has 0 aliphatic heterocycles. The van der Waals surface area contributed by atoms with Crippen molar-refractivity contribution < 1.29 is 9.59 Å². The zero-order chi connectivity index (χ0) is 17.1. The quantitative estimate of drug-likeness (QED) is 0.615. The number of carbonyl (C=O) groups is 2. The summed E-state index contributed by atoms with van der Waals surface area (Å²) in [5, 5.41) is 12.0. The van der Waals surface area contributed by atoms with E-state index in [0.29, 0.717) is 16.2 Å². The molecule has 8 nitrogen and oxygen atoms in total. The number of rotatable bonds is 5. The van der Waals surface area contributed by atoms with Crippen molar-refractivity contribution in [2.75, 3.05) is 0 Å². The van der Waals surface area contributed by atoms with Crippen LogP contribution in [0, 0.1) is 0 Å². The maximum Gasteiger partial charge on any atom is 0.271 e. The highest BCUT2D eigenvalue weighted by Crippen LogP contribution is 2.37. The second-order valence-corrected chi connectivity index (χ2v) is 7.04. The van der Waals surface area contributed by atoms with Crippen LogP contribution in [0.5, 0.6) is 0 Å². The van der Waals surface area contributed by atoms with Crippen LogP contribution in [0.1, 0.15) is 36.2 Å². The third kappa shape index (κ3) is 3.85. The van der Waals surface area contributed by atoms with Gasteiger partial charge in [0.1, 0.15) is 0 Å². The molecule has 1 saturated carbocycles. The lowest BCUT2D eigenvalue weighted by molar-refractivity contribution is -0.121. The van der Waals surface area contributed by atoms with Crippen LogP contribution in [-0.4, -0.2) is 37.3 Å². The van der Waals surface area contributed by atoms with Crippen molar-refractivity contribution in [1.82, 2.24) is 31.1 Å². The molecule has 0 spiro atoms. The zero-order valence-corrected chi connectivity index (χ0v) is 14.3. The fourth-order valence-corrected chi connectivity index (χ4v) is 3.04. The van der Waals surface area contributed by atoms with E-state index < -0.39 is 11.2 Å². The fourth-order valence-electron chi connectivity index (χ4n) is 1.96. The van der Waals surface area contributed by atoms with Gasteiger partial charge in [0.25, 0.3) is 11.8 Å². The van der Waals surface area contributed by atoms with Crippen LogP contribution in [0.4, 0.5) is 0 Å². The number of hydrogen-bond donors (Lipinski definition) is 2. The lowest BCUT2D eigenvalue weighted by Gasteiger charge is -2.12. The third-order valence-electron chi connectivity index (χ3n) is 3.42. The Morgan fingerprint density at radius 1 is 1.33 bits per heavy atom. The minimum Gasteiger partial charge on any atom is -0.272 e. The van der Waals surface area contributed by atoms with Crippen LogP contribution in [0.25, 0.3) is 0 Å². The Kier molecular flexibility index (Phi) is 5.00. The van der Waals surface area contributed by atoms with Crippen molar-refractivity contribution in [3.05, 3.63) is 34.9 Å². The van der Waals surface area contributed by atoms with E-state index in [0.717, 1.165) is 12.8 Å². The largest absolute Gasteiger partial charge is 0.272 e. The molecule has 10 heteroatoms. The average Bonchev–Trinajstić information content (AvgIpc) is 3.32. The number of tetrazole rings is 1. The maximum absolute atomic E-state index is 12.1. The van der Waals surface area contributed by atoms with Crippen molar-refractivity contribution in [1.29, 1.82) is 0 Å². The van der Waals surface area contributed by atoms with Crippen LogP contribution < -0.4 is 10.9 Å². The first-order chi connectivity index (χ1) is 11.6. The summed E-state index contributed by atoms with van der Waals surface area (Å²) in [4.78, 5) is 24.1. The number of benzene rings is 1. The summed E-state index contributed by atoms with van der Waals surface area (Å²) in [6.45, 7) is 1.72. The molecule has 0 radical (unpaired) electrons. The van der Waals surface area contributed by atoms with Crippen molar-refractivity contribution >= 4 is 35.2 Å². The van der Waals surface area contributed by atoms with Gasteiger partial charge in [-0.15, -0.1) is 5.10 Å². The van der Waals surface area contributed by atoms with Crippen LogP contribution in [0.15, 0.2) is 29.4 Å². The Balaban J connectivity index is 1.53. The molecule has 2 amide bonds. The first-order valence-electron chi connectivity index (χ1n) is 7.35. The van der Waals surface area contributed by atoms with E-state index in [1.165, 1.54) is 11.8 Å². The fraction of sp³-hybridized carbons (Fsp3) is 0.357. The van der Waals surface area contributed by atoms with Gasteiger partial charge in [-0.3, -0.25) is 20.4 Å². The number of halogens is 1. The molecule has 2 aromatic rings. The second-order valence-electron chi connectivity index (χ2n) is 5.32. The molecule has 1 aliphatic rings. The number of hydrazine groups is 1. The zero-order valence-electron chi connectivity index (χ0n) is 12.8. The molecule has 1 fully saturated rings. The molecular formula is C14H15ClN6O2S. The minimum atomic E-state index is -0.478. The van der Waals surface area contributed by atoms with E-state index >= 15 is 0 Å². The molecule has 0 saturated heterocycles. The number of hydrogen-bond acceptors (Lipinski definition) is 6. The summed E-state index contributed by atoms with van der Waals surface area (Å²) >= 11 is 7.18. The summed E-state index contributed by atoms with van der Waals surface area (Å²) in [6.07, 6.45) is 2.10. The van der Waals surface area contributed by atoms with Crippen LogP contribution in [0.2, 0.25) is 5.02 Å². The minimum absolute atomic E-state index is 0.289. The first-order valence-corrected chi connectivity index (χ1v) is 8.61. The highest BCUT2D eigenvalue weighted by molar-refractivity contribution is 8.00. The van der Waals surface area contributed by atoms with Crippen molar-refractivity contribution in [3.8, 4) is 0 Å². The SMILES string of the molecule is CC(Sc1nnnn1C1CC1)C(=O)NNC(=O)c1ccccc1Cl. The number of nitrogens with one attached hydrogen (secondary N) is 2. The number of carbonyl (C=O) groups excluding carboxylic acids is 2. The van der Waals surface area contributed by atoms with Crippen LogP contribution >= 0.6 is 23.4 Å². The molecule has 126 valence electrons. The molecule has 3 rings (SSSR count). The Hall–Kier alpha value is -2.13. The summed E-state index contributed by atoms with van der Waals surface area (Å²) < 4.78 is 1.73. The lowest BCUT2D eigenvalue weighted by Crippen LogP contribution is -2.45. The number of nitrogens with zero attached hydrogens (tertiary/aromatic N) is 4. The van der Waals surface area contributed by atoms with Crippen molar-refractivity contribution in [3.63, 3.8) is 0 Å². The maximum atomic E-state index is 12.1. The summed E-state index contributed by atoms with van der Waals surface area (Å²) in [5.41, 5.74) is 5.03. The molecule has 1 aromatic heterocycles. The normalized spacial score (nSPS) is 14.9. The smallest absolute Gasteiger partial charge is 0.271 e. The monoisotopic (exact) mass is 366 g/mol. The van der Waals surface area contributed by atoms with Gasteiger partial charge in [0.2, 0.25) is 5.16 Å². The first kappa shape index (κ1) is 16.7. The molecule has 1 unspecified atom stereocenters. The van der Waals surface area contributed by atoms with Crippen molar-refractivity contribution in [2.24, 2.45) is 0 Å². The van der Waals surface area contributed by atoms with E-state index in [1.54, 1.807) is 35.9 Å². The number of aromatic nitrogens is 4. The number of thioether (sulfide) groups is 1. The summed E-state index contributed by atoms with van der Waals surface area (Å²) in [7, 11) is 0. The standard InChI is InChI=1S/C14H15ClN6O2S/c1-8(24-14-18-19-20-21(14)9-6-7-9)12(22)16-17-13(23)10-4-2-3-5-11(10)15/h2-5,8-9H,6-7H2,1H3,(H,16,22)(H,17,23). The highest BCUT2D eigenvalue weighted by Gasteiger charge is 2.29. The Labute approximate surface area is 147 Å². The van der Waals surface area contributed by atoms with Gasteiger partial charge in [-0.1, -0.05) is 35.5 Å². The van der Waals surface area contributed by atoms with Gasteiger partial charge in [0.05, 0.1) is 21.9 Å². The van der Waals surface area contributed by atoms with E-state index in [4.69, 9.17) is 11.6 Å². The molecule has 2 N–H and O–H groups in total. The van der Waals surface area contributed by atoms with Gasteiger partial charge < -0.3 is 0 Å². The Morgan fingerprint density at radius 2 is 2.08 bits per heavy atom. The second kappa shape index (κ2) is 7.18. The van der Waals surface area contributed by atoms with Gasteiger partial charge in [-0.25, -0.2) is 4.68 Å².